The number of rotatable bonds is 4. The fraction of sp³-hybridized carbons (Fsp3) is 0.333. The third kappa shape index (κ3) is 2.21. The molecule has 2 rings (SSSR count). The molecule has 0 spiro atoms. The Morgan fingerprint density at radius 1 is 1.50 bits per heavy atom. The summed E-state index contributed by atoms with van der Waals surface area (Å²) in [6.45, 7) is 0. The lowest BCUT2D eigenvalue weighted by molar-refractivity contribution is 0.0956. The van der Waals surface area contributed by atoms with E-state index in [0.717, 1.165) is 12.8 Å². The van der Waals surface area contributed by atoms with Crippen molar-refractivity contribution < 1.29 is 14.3 Å². The van der Waals surface area contributed by atoms with Gasteiger partial charge in [-0.1, -0.05) is 0 Å². The van der Waals surface area contributed by atoms with E-state index in [4.69, 9.17) is 4.74 Å². The molecular formula is C12H13NO3. The standard InChI is InChI=1S/C12H13NO3/c1-13-12(15)11-6-10(16-9-4-5-9)3-2-8(11)7-14/h2-3,6-7,9H,4-5H2,1H3,(H,13,15). The van der Waals surface area contributed by atoms with E-state index < -0.39 is 0 Å². The van der Waals surface area contributed by atoms with Gasteiger partial charge in [0.2, 0.25) is 0 Å². The Kier molecular flexibility index (Phi) is 2.90. The van der Waals surface area contributed by atoms with Crippen molar-refractivity contribution in [2.75, 3.05) is 7.05 Å². The van der Waals surface area contributed by atoms with Crippen LogP contribution in [-0.4, -0.2) is 25.3 Å². The third-order valence-corrected chi connectivity index (χ3v) is 2.45. The van der Waals surface area contributed by atoms with Crippen molar-refractivity contribution >= 4 is 12.2 Å². The SMILES string of the molecule is CNC(=O)c1cc(OC2CC2)ccc1C=O. The molecule has 1 N–H and O–H groups in total. The van der Waals surface area contributed by atoms with Gasteiger partial charge in [0.1, 0.15) is 5.75 Å². The summed E-state index contributed by atoms with van der Waals surface area (Å²) in [7, 11) is 1.53. The molecule has 1 amide bonds. The molecule has 0 radical (unpaired) electrons. The first-order valence-corrected chi connectivity index (χ1v) is 5.22. The highest BCUT2D eigenvalue weighted by molar-refractivity contribution is 6.01. The van der Waals surface area contributed by atoms with Crippen LogP contribution in [0.25, 0.3) is 0 Å². The lowest BCUT2D eigenvalue weighted by Crippen LogP contribution is -2.19. The van der Waals surface area contributed by atoms with Gasteiger partial charge in [0.15, 0.2) is 6.29 Å². The molecule has 0 saturated heterocycles. The number of nitrogens with one attached hydrogen (secondary N) is 1. The van der Waals surface area contributed by atoms with Gasteiger partial charge in [-0.05, 0) is 31.0 Å². The van der Waals surface area contributed by atoms with E-state index >= 15 is 0 Å². The molecule has 1 aromatic carbocycles. The van der Waals surface area contributed by atoms with Gasteiger partial charge in [-0.25, -0.2) is 0 Å². The first-order valence-electron chi connectivity index (χ1n) is 5.22. The van der Waals surface area contributed by atoms with Crippen LogP contribution in [0.3, 0.4) is 0 Å². The van der Waals surface area contributed by atoms with Crippen molar-refractivity contribution in [2.45, 2.75) is 18.9 Å². The van der Waals surface area contributed by atoms with Gasteiger partial charge in [-0.15, -0.1) is 0 Å². The number of hydrogen-bond acceptors (Lipinski definition) is 3. The smallest absolute Gasteiger partial charge is 0.251 e. The molecule has 0 bridgehead atoms. The average molecular weight is 219 g/mol. The molecule has 4 nitrogen and oxygen atoms in total. The molecule has 84 valence electrons. The summed E-state index contributed by atoms with van der Waals surface area (Å²) < 4.78 is 5.56. The van der Waals surface area contributed by atoms with E-state index in [1.807, 2.05) is 0 Å². The summed E-state index contributed by atoms with van der Waals surface area (Å²) in [5, 5.41) is 2.50. The van der Waals surface area contributed by atoms with Gasteiger partial charge in [-0.3, -0.25) is 9.59 Å². The third-order valence-electron chi connectivity index (χ3n) is 2.45. The van der Waals surface area contributed by atoms with Gasteiger partial charge in [-0.2, -0.15) is 0 Å². The molecule has 1 aliphatic carbocycles. The van der Waals surface area contributed by atoms with Crippen molar-refractivity contribution in [3.05, 3.63) is 29.3 Å². The molecule has 0 heterocycles. The highest BCUT2D eigenvalue weighted by Crippen LogP contribution is 2.27. The van der Waals surface area contributed by atoms with Gasteiger partial charge in [0.25, 0.3) is 5.91 Å². The molecule has 0 atom stereocenters. The van der Waals surface area contributed by atoms with Crippen LogP contribution in [0, 0.1) is 0 Å². The van der Waals surface area contributed by atoms with Crippen molar-refractivity contribution in [3.63, 3.8) is 0 Å². The highest BCUT2D eigenvalue weighted by Gasteiger charge is 2.24. The zero-order valence-electron chi connectivity index (χ0n) is 9.03. The summed E-state index contributed by atoms with van der Waals surface area (Å²) in [5.74, 6) is 0.370. The first-order chi connectivity index (χ1) is 7.74. The summed E-state index contributed by atoms with van der Waals surface area (Å²) in [6, 6.07) is 4.94. The molecule has 4 heteroatoms. The quantitative estimate of drug-likeness (QED) is 0.779. The summed E-state index contributed by atoms with van der Waals surface area (Å²) in [5.41, 5.74) is 0.734. The molecular weight excluding hydrogens is 206 g/mol. The molecule has 1 aromatic rings. The van der Waals surface area contributed by atoms with E-state index in [-0.39, 0.29) is 12.0 Å². The molecule has 16 heavy (non-hydrogen) atoms. The molecule has 0 unspecified atom stereocenters. The second-order valence-corrected chi connectivity index (χ2v) is 3.76. The van der Waals surface area contributed by atoms with Gasteiger partial charge < -0.3 is 10.1 Å². The topological polar surface area (TPSA) is 55.4 Å². The molecule has 1 fully saturated rings. The molecule has 0 aromatic heterocycles. The Morgan fingerprint density at radius 3 is 2.81 bits per heavy atom. The normalized spacial score (nSPS) is 14.3. The minimum atomic E-state index is -0.275. The number of aldehydes is 1. The Bertz CT molecular complexity index is 424. The second kappa shape index (κ2) is 4.35. The molecule has 1 saturated carbocycles. The number of carbonyl (C=O) groups is 2. The summed E-state index contributed by atoms with van der Waals surface area (Å²) >= 11 is 0. The van der Waals surface area contributed by atoms with Crippen LogP contribution in [-0.2, 0) is 0 Å². The Balaban J connectivity index is 2.29. The minimum absolute atomic E-state index is 0.275. The zero-order valence-corrected chi connectivity index (χ0v) is 9.03. The van der Waals surface area contributed by atoms with Crippen LogP contribution in [0.4, 0.5) is 0 Å². The Labute approximate surface area is 93.6 Å². The lowest BCUT2D eigenvalue weighted by atomic mass is 10.1. The van der Waals surface area contributed by atoms with Gasteiger partial charge in [0, 0.05) is 12.6 Å². The number of amides is 1. The zero-order chi connectivity index (χ0) is 11.5. The average Bonchev–Trinajstić information content (AvgIpc) is 3.12. The van der Waals surface area contributed by atoms with Crippen molar-refractivity contribution in [2.24, 2.45) is 0 Å². The Hall–Kier alpha value is -1.84. The molecule has 1 aliphatic rings. The largest absolute Gasteiger partial charge is 0.490 e. The predicted octanol–water partition coefficient (Wildman–Crippen LogP) is 1.40. The van der Waals surface area contributed by atoms with Crippen LogP contribution in [0.1, 0.15) is 33.6 Å². The maximum Gasteiger partial charge on any atom is 0.251 e. The number of benzene rings is 1. The highest BCUT2D eigenvalue weighted by atomic mass is 16.5. The fourth-order valence-electron chi connectivity index (χ4n) is 1.42. The Morgan fingerprint density at radius 2 is 2.25 bits per heavy atom. The van der Waals surface area contributed by atoms with Crippen molar-refractivity contribution in [1.82, 2.24) is 5.32 Å². The van der Waals surface area contributed by atoms with Crippen LogP contribution in [0.2, 0.25) is 0 Å². The van der Waals surface area contributed by atoms with E-state index in [1.54, 1.807) is 18.2 Å². The van der Waals surface area contributed by atoms with Crippen LogP contribution in [0.5, 0.6) is 5.75 Å². The predicted molar refractivity (Wildman–Crippen MR) is 58.9 cm³/mol. The lowest BCUT2D eigenvalue weighted by Gasteiger charge is -2.08. The van der Waals surface area contributed by atoms with E-state index in [1.165, 1.54) is 7.05 Å². The number of hydrogen-bond donors (Lipinski definition) is 1. The van der Waals surface area contributed by atoms with Crippen LogP contribution < -0.4 is 10.1 Å². The van der Waals surface area contributed by atoms with E-state index in [0.29, 0.717) is 23.2 Å². The van der Waals surface area contributed by atoms with E-state index in [2.05, 4.69) is 5.32 Å². The van der Waals surface area contributed by atoms with Gasteiger partial charge >= 0.3 is 0 Å². The maximum absolute atomic E-state index is 11.5. The summed E-state index contributed by atoms with van der Waals surface area (Å²) in [4.78, 5) is 22.3. The van der Waals surface area contributed by atoms with Crippen LogP contribution in [0.15, 0.2) is 18.2 Å². The summed E-state index contributed by atoms with van der Waals surface area (Å²) in [6.07, 6.45) is 3.07. The number of carbonyl (C=O) groups excluding carboxylic acids is 2. The van der Waals surface area contributed by atoms with Crippen molar-refractivity contribution in [1.29, 1.82) is 0 Å². The number of ether oxygens (including phenoxy) is 1. The second-order valence-electron chi connectivity index (χ2n) is 3.76. The molecule has 0 aliphatic heterocycles. The fourth-order valence-corrected chi connectivity index (χ4v) is 1.42. The first kappa shape index (κ1) is 10.7. The monoisotopic (exact) mass is 219 g/mol. The van der Waals surface area contributed by atoms with Gasteiger partial charge in [0.05, 0.1) is 11.7 Å². The van der Waals surface area contributed by atoms with Crippen molar-refractivity contribution in [3.8, 4) is 5.75 Å². The minimum Gasteiger partial charge on any atom is -0.490 e. The van der Waals surface area contributed by atoms with E-state index in [9.17, 15) is 9.59 Å². The van der Waals surface area contributed by atoms with Crippen LogP contribution >= 0.6 is 0 Å². The maximum atomic E-state index is 11.5.